The Balaban J connectivity index is 0.00000126. The molecule has 1 aliphatic carbocycles. The second kappa shape index (κ2) is 21.9. The molecule has 3 atom stereocenters. The van der Waals surface area contributed by atoms with Crippen LogP contribution in [0.15, 0.2) is 86.0 Å². The third-order valence-electron chi connectivity index (χ3n) is 8.68. The minimum atomic E-state index is -0.672. The number of piperazine rings is 1. The van der Waals surface area contributed by atoms with Crippen molar-refractivity contribution in [1.82, 2.24) is 20.4 Å². The number of rotatable bonds is 10. The van der Waals surface area contributed by atoms with Crippen LogP contribution in [0.2, 0.25) is 5.02 Å². The summed E-state index contributed by atoms with van der Waals surface area (Å²) in [5.74, 6) is -0.506. The summed E-state index contributed by atoms with van der Waals surface area (Å²) in [4.78, 5) is 39.6. The Kier molecular flexibility index (Phi) is 18.4. The van der Waals surface area contributed by atoms with Gasteiger partial charge in [-0.15, -0.1) is 13.2 Å². The van der Waals surface area contributed by atoms with Crippen LogP contribution in [-0.4, -0.2) is 74.2 Å². The summed E-state index contributed by atoms with van der Waals surface area (Å²) in [5.41, 5.74) is 4.15. The quantitative estimate of drug-likeness (QED) is 0.241. The molecule has 1 fully saturated rings. The van der Waals surface area contributed by atoms with Crippen LogP contribution in [-0.2, 0) is 33.6 Å². The summed E-state index contributed by atoms with van der Waals surface area (Å²) in [6.07, 6.45) is 3.49. The molecule has 0 saturated carbocycles. The highest BCUT2D eigenvalue weighted by Crippen LogP contribution is 2.28. The fraction of sp³-hybridized carbons (Fsp3) is 0.410. The van der Waals surface area contributed by atoms with Gasteiger partial charge in [0.15, 0.2) is 0 Å². The third kappa shape index (κ3) is 11.4. The number of hydrogen-bond donors (Lipinski definition) is 2. The van der Waals surface area contributed by atoms with Crippen molar-refractivity contribution >= 4 is 30.2 Å². The molecule has 0 bridgehead atoms. The topological polar surface area (TPSA) is 81.8 Å². The highest BCUT2D eigenvalue weighted by molar-refractivity contribution is 6.30. The van der Waals surface area contributed by atoms with Gasteiger partial charge in [-0.25, -0.2) is 4.39 Å². The Hall–Kier alpha value is -3.85. The standard InChI is InChI=1S/C34H40ClFN4O2.C2H6.C2H4.CH2O/c1-37-17-16-32(29-8-4-5-9-30(29)36)39-18-20-40(21-19-39)34(42)31(22-24-10-14-28(35)15-11-24)38-33(41)27-13-12-25-6-2-3-7-26(25)23-27;3*1-2/h2-11,14-15,27,31-32,37H,12-13,16-23H2,1H3,(H,38,41);1-2H3;1-2H2;1H2. The van der Waals surface area contributed by atoms with Crippen LogP contribution in [0.5, 0.6) is 0 Å². The molecule has 1 aliphatic heterocycles. The lowest BCUT2D eigenvalue weighted by molar-refractivity contribution is -0.139. The summed E-state index contributed by atoms with van der Waals surface area (Å²) in [6.45, 7) is 15.1. The van der Waals surface area contributed by atoms with Crippen molar-refractivity contribution in [2.45, 2.75) is 58.0 Å². The minimum absolute atomic E-state index is 0.0675. The van der Waals surface area contributed by atoms with Crippen LogP contribution < -0.4 is 10.6 Å². The first-order chi connectivity index (χ1) is 23.4. The lowest BCUT2D eigenvalue weighted by Gasteiger charge is -2.41. The highest BCUT2D eigenvalue weighted by Gasteiger charge is 2.34. The first-order valence-electron chi connectivity index (χ1n) is 16.7. The molecule has 2 amide bonds. The van der Waals surface area contributed by atoms with E-state index >= 15 is 0 Å². The van der Waals surface area contributed by atoms with Gasteiger partial charge in [0.1, 0.15) is 18.6 Å². The molecule has 1 saturated heterocycles. The zero-order valence-corrected chi connectivity index (χ0v) is 29.5. The smallest absolute Gasteiger partial charge is 0.245 e. The van der Waals surface area contributed by atoms with Crippen LogP contribution in [0.4, 0.5) is 4.39 Å². The zero-order chi connectivity index (χ0) is 35.5. The van der Waals surface area contributed by atoms with Crippen LogP contribution in [0.25, 0.3) is 0 Å². The summed E-state index contributed by atoms with van der Waals surface area (Å²) in [5, 5.41) is 6.95. The maximum absolute atomic E-state index is 14.8. The Morgan fingerprint density at radius 3 is 2.15 bits per heavy atom. The van der Waals surface area contributed by atoms with Crippen molar-refractivity contribution in [1.29, 1.82) is 0 Å². The van der Waals surface area contributed by atoms with Crippen molar-refractivity contribution < 1.29 is 18.8 Å². The minimum Gasteiger partial charge on any atom is -0.344 e. The lowest BCUT2D eigenvalue weighted by atomic mass is 9.83. The van der Waals surface area contributed by atoms with Crippen molar-refractivity contribution in [3.63, 3.8) is 0 Å². The Labute approximate surface area is 291 Å². The third-order valence-corrected chi connectivity index (χ3v) is 8.94. The molecule has 48 heavy (non-hydrogen) atoms. The van der Waals surface area contributed by atoms with Crippen molar-refractivity contribution in [3.8, 4) is 0 Å². The normalized spacial score (nSPS) is 16.6. The molecule has 9 heteroatoms. The molecular formula is C39H52ClFN4O3. The molecule has 2 aliphatic rings. The molecular weight excluding hydrogens is 627 g/mol. The van der Waals surface area contributed by atoms with Crippen molar-refractivity contribution in [2.24, 2.45) is 5.92 Å². The molecule has 1 heterocycles. The molecule has 3 unspecified atom stereocenters. The molecule has 2 N–H and O–H groups in total. The summed E-state index contributed by atoms with van der Waals surface area (Å²) in [6, 6.07) is 21.9. The van der Waals surface area contributed by atoms with Crippen molar-refractivity contribution in [3.05, 3.63) is 119 Å². The number of nitrogens with one attached hydrogen (secondary N) is 2. The van der Waals surface area contributed by atoms with Crippen LogP contribution in [0.1, 0.15) is 55.0 Å². The van der Waals surface area contributed by atoms with E-state index in [2.05, 4.69) is 40.8 Å². The Bertz CT molecular complexity index is 1400. The van der Waals surface area contributed by atoms with Gasteiger partial charge in [0, 0.05) is 55.1 Å². The average molecular weight is 679 g/mol. The SMILES string of the molecule is C=C.C=O.CC.CNCCC(c1ccccc1F)N1CCN(C(=O)C(Cc2ccc(Cl)cc2)NC(=O)C2CCc3ccccc3C2)CC1. The first-order valence-corrected chi connectivity index (χ1v) is 17.1. The number of carbonyl (C=O) groups is 3. The van der Waals surface area contributed by atoms with E-state index in [0.717, 1.165) is 31.4 Å². The van der Waals surface area contributed by atoms with E-state index in [4.69, 9.17) is 16.4 Å². The molecule has 0 aromatic heterocycles. The number of benzene rings is 3. The van der Waals surface area contributed by atoms with E-state index in [1.54, 1.807) is 6.07 Å². The maximum atomic E-state index is 14.8. The monoisotopic (exact) mass is 678 g/mol. The fourth-order valence-electron chi connectivity index (χ4n) is 6.30. The highest BCUT2D eigenvalue weighted by atomic mass is 35.5. The van der Waals surface area contributed by atoms with Gasteiger partial charge in [0.2, 0.25) is 11.8 Å². The van der Waals surface area contributed by atoms with Gasteiger partial charge in [0.05, 0.1) is 0 Å². The first kappa shape index (κ1) is 40.3. The Morgan fingerprint density at radius 2 is 1.52 bits per heavy atom. The van der Waals surface area contributed by atoms with Gasteiger partial charge in [-0.1, -0.05) is 80.0 Å². The molecule has 5 rings (SSSR count). The van der Waals surface area contributed by atoms with Gasteiger partial charge in [0.25, 0.3) is 0 Å². The number of carbonyl (C=O) groups excluding carboxylic acids is 3. The number of nitrogens with zero attached hydrogens (tertiary/aromatic N) is 2. The molecule has 0 spiro atoms. The number of amides is 2. The van der Waals surface area contributed by atoms with E-state index in [1.165, 1.54) is 17.2 Å². The molecule has 0 radical (unpaired) electrons. The number of aryl methyl sites for hydroxylation is 1. The maximum Gasteiger partial charge on any atom is 0.245 e. The molecule has 3 aromatic carbocycles. The van der Waals surface area contributed by atoms with E-state index in [0.29, 0.717) is 49.6 Å². The molecule has 3 aromatic rings. The summed E-state index contributed by atoms with van der Waals surface area (Å²) >= 11 is 6.11. The Morgan fingerprint density at radius 1 is 0.917 bits per heavy atom. The van der Waals surface area contributed by atoms with E-state index < -0.39 is 6.04 Å². The van der Waals surface area contributed by atoms with Gasteiger partial charge >= 0.3 is 0 Å². The molecule has 260 valence electrons. The fourth-order valence-corrected chi connectivity index (χ4v) is 6.43. The van der Waals surface area contributed by atoms with Gasteiger partial charge in [-0.05, 0) is 74.2 Å². The largest absolute Gasteiger partial charge is 0.344 e. The van der Waals surface area contributed by atoms with Gasteiger partial charge in [-0.3, -0.25) is 14.5 Å². The van der Waals surface area contributed by atoms with E-state index in [-0.39, 0.29) is 29.6 Å². The lowest BCUT2D eigenvalue weighted by Crippen LogP contribution is -2.56. The van der Waals surface area contributed by atoms with E-state index in [1.807, 2.05) is 81.1 Å². The molecule has 7 nitrogen and oxygen atoms in total. The zero-order valence-electron chi connectivity index (χ0n) is 28.7. The van der Waals surface area contributed by atoms with Gasteiger partial charge in [-0.2, -0.15) is 0 Å². The van der Waals surface area contributed by atoms with Crippen molar-refractivity contribution in [2.75, 3.05) is 39.8 Å². The second-order valence-electron chi connectivity index (χ2n) is 11.4. The predicted molar refractivity (Wildman–Crippen MR) is 195 cm³/mol. The van der Waals surface area contributed by atoms with Crippen LogP contribution in [0.3, 0.4) is 0 Å². The number of hydrogen-bond acceptors (Lipinski definition) is 5. The summed E-state index contributed by atoms with van der Waals surface area (Å²) < 4.78 is 14.8. The van der Waals surface area contributed by atoms with E-state index in [9.17, 15) is 14.0 Å². The summed E-state index contributed by atoms with van der Waals surface area (Å²) in [7, 11) is 1.90. The second-order valence-corrected chi connectivity index (χ2v) is 11.8. The van der Waals surface area contributed by atoms with Crippen LogP contribution >= 0.6 is 11.6 Å². The van der Waals surface area contributed by atoms with Gasteiger partial charge < -0.3 is 20.3 Å². The average Bonchev–Trinajstić information content (AvgIpc) is 3.15. The number of fused-ring (bicyclic) bond motifs is 1. The number of halogens is 2. The van der Waals surface area contributed by atoms with Crippen LogP contribution in [0, 0.1) is 11.7 Å². The predicted octanol–water partition coefficient (Wildman–Crippen LogP) is 6.45.